The van der Waals surface area contributed by atoms with Crippen LogP contribution in [-0.2, 0) is 4.74 Å². The molecule has 3 heteroatoms. The summed E-state index contributed by atoms with van der Waals surface area (Å²) in [5, 5.41) is 3.45. The number of morpholine rings is 1. The molecule has 0 aromatic heterocycles. The van der Waals surface area contributed by atoms with E-state index in [0.717, 1.165) is 39.4 Å². The van der Waals surface area contributed by atoms with Gasteiger partial charge in [-0.1, -0.05) is 11.6 Å². The van der Waals surface area contributed by atoms with E-state index in [1.165, 1.54) is 18.5 Å². The van der Waals surface area contributed by atoms with Gasteiger partial charge in [0.05, 0.1) is 13.2 Å². The van der Waals surface area contributed by atoms with Gasteiger partial charge in [-0.3, -0.25) is 4.90 Å². The second-order valence-corrected chi connectivity index (χ2v) is 4.12. The van der Waals surface area contributed by atoms with Crippen molar-refractivity contribution in [2.75, 3.05) is 45.9 Å². The fourth-order valence-electron chi connectivity index (χ4n) is 1.64. The lowest BCUT2D eigenvalue weighted by Crippen LogP contribution is -2.37. The van der Waals surface area contributed by atoms with Gasteiger partial charge in [0.1, 0.15) is 0 Å². The minimum absolute atomic E-state index is 0.908. The zero-order chi connectivity index (χ0) is 10.9. The predicted molar refractivity (Wildman–Crippen MR) is 64.2 cm³/mol. The molecule has 0 unspecified atom stereocenters. The predicted octanol–water partition coefficient (Wildman–Crippen LogP) is 1.26. The number of hydrogen-bond acceptors (Lipinski definition) is 3. The molecule has 0 atom stereocenters. The maximum Gasteiger partial charge on any atom is 0.0594 e. The lowest BCUT2D eigenvalue weighted by atomic mass is 10.3. The Labute approximate surface area is 93.5 Å². The molecule has 0 aromatic rings. The smallest absolute Gasteiger partial charge is 0.0594 e. The molecule has 0 amide bonds. The second-order valence-electron chi connectivity index (χ2n) is 4.12. The van der Waals surface area contributed by atoms with Crippen LogP contribution in [0.3, 0.4) is 0 Å². The number of hydrogen-bond donors (Lipinski definition) is 1. The Balaban J connectivity index is 1.92. The van der Waals surface area contributed by atoms with Crippen molar-refractivity contribution in [3.05, 3.63) is 11.6 Å². The van der Waals surface area contributed by atoms with E-state index in [0.29, 0.717) is 0 Å². The van der Waals surface area contributed by atoms with E-state index in [-0.39, 0.29) is 0 Å². The summed E-state index contributed by atoms with van der Waals surface area (Å²) in [5.74, 6) is 0. The molecule has 0 aliphatic carbocycles. The fourth-order valence-corrected chi connectivity index (χ4v) is 1.64. The summed E-state index contributed by atoms with van der Waals surface area (Å²) in [7, 11) is 0. The number of nitrogens with zero attached hydrogens (tertiary/aromatic N) is 1. The quantitative estimate of drug-likeness (QED) is 0.530. The molecule has 0 aromatic carbocycles. The van der Waals surface area contributed by atoms with Gasteiger partial charge in [0, 0.05) is 19.6 Å². The van der Waals surface area contributed by atoms with E-state index in [4.69, 9.17) is 4.74 Å². The molecule has 1 N–H and O–H groups in total. The summed E-state index contributed by atoms with van der Waals surface area (Å²) >= 11 is 0. The zero-order valence-electron chi connectivity index (χ0n) is 10.1. The van der Waals surface area contributed by atoms with Crippen LogP contribution in [0.25, 0.3) is 0 Å². The standard InChI is InChI=1S/C12H24N2O/c1-3-12(2)11-13-5-4-6-14-7-9-15-10-8-14/h3,13H,4-11H2,1-2H3/b12-3+. The minimum atomic E-state index is 0.908. The van der Waals surface area contributed by atoms with E-state index in [1.807, 2.05) is 0 Å². The van der Waals surface area contributed by atoms with Crippen LogP contribution >= 0.6 is 0 Å². The van der Waals surface area contributed by atoms with Gasteiger partial charge in [-0.2, -0.15) is 0 Å². The largest absolute Gasteiger partial charge is 0.379 e. The monoisotopic (exact) mass is 212 g/mol. The van der Waals surface area contributed by atoms with Gasteiger partial charge < -0.3 is 10.1 Å². The Morgan fingerprint density at radius 1 is 1.40 bits per heavy atom. The van der Waals surface area contributed by atoms with Gasteiger partial charge in [0.25, 0.3) is 0 Å². The van der Waals surface area contributed by atoms with Crippen molar-refractivity contribution in [1.82, 2.24) is 10.2 Å². The summed E-state index contributed by atoms with van der Waals surface area (Å²) in [6, 6.07) is 0. The second kappa shape index (κ2) is 7.85. The zero-order valence-corrected chi connectivity index (χ0v) is 10.1. The van der Waals surface area contributed by atoms with Crippen molar-refractivity contribution in [2.45, 2.75) is 20.3 Å². The van der Waals surface area contributed by atoms with Crippen molar-refractivity contribution < 1.29 is 4.74 Å². The highest BCUT2D eigenvalue weighted by Gasteiger charge is 2.08. The fraction of sp³-hybridized carbons (Fsp3) is 0.833. The van der Waals surface area contributed by atoms with Crippen LogP contribution in [0.1, 0.15) is 20.3 Å². The van der Waals surface area contributed by atoms with Gasteiger partial charge in [-0.05, 0) is 33.4 Å². The summed E-state index contributed by atoms with van der Waals surface area (Å²) < 4.78 is 5.31. The molecule has 1 aliphatic heterocycles. The first-order valence-electron chi connectivity index (χ1n) is 5.95. The Bertz CT molecular complexity index is 186. The van der Waals surface area contributed by atoms with E-state index in [9.17, 15) is 0 Å². The lowest BCUT2D eigenvalue weighted by Gasteiger charge is -2.26. The SMILES string of the molecule is C/C=C(\C)CNCCCN1CCOCC1. The molecule has 3 nitrogen and oxygen atoms in total. The van der Waals surface area contributed by atoms with E-state index in [2.05, 4.69) is 30.1 Å². The van der Waals surface area contributed by atoms with Gasteiger partial charge in [0.15, 0.2) is 0 Å². The van der Waals surface area contributed by atoms with Gasteiger partial charge >= 0.3 is 0 Å². The molecule has 1 rings (SSSR count). The Morgan fingerprint density at radius 2 is 2.13 bits per heavy atom. The van der Waals surface area contributed by atoms with Gasteiger partial charge in [0.2, 0.25) is 0 Å². The summed E-state index contributed by atoms with van der Waals surface area (Å²) in [6.07, 6.45) is 3.39. The molecule has 1 aliphatic rings. The Morgan fingerprint density at radius 3 is 2.80 bits per heavy atom. The molecule has 1 saturated heterocycles. The Hall–Kier alpha value is -0.380. The highest BCUT2D eigenvalue weighted by molar-refractivity contribution is 4.97. The van der Waals surface area contributed by atoms with Gasteiger partial charge in [-0.15, -0.1) is 0 Å². The van der Waals surface area contributed by atoms with Crippen LogP contribution < -0.4 is 5.32 Å². The van der Waals surface area contributed by atoms with Crippen molar-refractivity contribution in [3.63, 3.8) is 0 Å². The highest BCUT2D eigenvalue weighted by Crippen LogP contribution is 1.97. The first kappa shape index (κ1) is 12.7. The molecule has 88 valence electrons. The van der Waals surface area contributed by atoms with Crippen LogP contribution in [0.2, 0.25) is 0 Å². The number of rotatable bonds is 6. The Kier molecular flexibility index (Phi) is 6.64. The van der Waals surface area contributed by atoms with Crippen LogP contribution in [0.4, 0.5) is 0 Å². The normalized spacial score (nSPS) is 19.5. The van der Waals surface area contributed by atoms with E-state index >= 15 is 0 Å². The molecular weight excluding hydrogens is 188 g/mol. The highest BCUT2D eigenvalue weighted by atomic mass is 16.5. The van der Waals surface area contributed by atoms with Crippen molar-refractivity contribution in [1.29, 1.82) is 0 Å². The van der Waals surface area contributed by atoms with Crippen molar-refractivity contribution in [3.8, 4) is 0 Å². The van der Waals surface area contributed by atoms with E-state index in [1.54, 1.807) is 0 Å². The molecule has 1 fully saturated rings. The molecule has 0 radical (unpaired) electrons. The molecular formula is C12H24N2O. The average molecular weight is 212 g/mol. The lowest BCUT2D eigenvalue weighted by molar-refractivity contribution is 0.0375. The van der Waals surface area contributed by atoms with Crippen molar-refractivity contribution >= 4 is 0 Å². The van der Waals surface area contributed by atoms with Crippen LogP contribution in [0, 0.1) is 0 Å². The van der Waals surface area contributed by atoms with Gasteiger partial charge in [-0.25, -0.2) is 0 Å². The maximum atomic E-state index is 5.31. The maximum absolute atomic E-state index is 5.31. The number of nitrogens with one attached hydrogen (secondary N) is 1. The van der Waals surface area contributed by atoms with Crippen LogP contribution in [-0.4, -0.2) is 50.8 Å². The topological polar surface area (TPSA) is 24.5 Å². The number of allylic oxidation sites excluding steroid dienone is 1. The first-order chi connectivity index (χ1) is 7.33. The molecule has 0 saturated carbocycles. The average Bonchev–Trinajstić information content (AvgIpc) is 2.29. The minimum Gasteiger partial charge on any atom is -0.379 e. The molecule has 1 heterocycles. The molecule has 0 spiro atoms. The first-order valence-corrected chi connectivity index (χ1v) is 5.95. The molecule has 15 heavy (non-hydrogen) atoms. The number of ether oxygens (including phenoxy) is 1. The summed E-state index contributed by atoms with van der Waals surface area (Å²) in [5.41, 5.74) is 1.42. The van der Waals surface area contributed by atoms with E-state index < -0.39 is 0 Å². The summed E-state index contributed by atoms with van der Waals surface area (Å²) in [6.45, 7) is 11.6. The third-order valence-corrected chi connectivity index (χ3v) is 2.83. The molecule has 0 bridgehead atoms. The van der Waals surface area contributed by atoms with Crippen molar-refractivity contribution in [2.24, 2.45) is 0 Å². The third kappa shape index (κ3) is 5.92. The summed E-state index contributed by atoms with van der Waals surface area (Å²) in [4.78, 5) is 2.48. The van der Waals surface area contributed by atoms with Crippen LogP contribution in [0.5, 0.6) is 0 Å². The van der Waals surface area contributed by atoms with Crippen LogP contribution in [0.15, 0.2) is 11.6 Å². The third-order valence-electron chi connectivity index (χ3n) is 2.83.